The van der Waals surface area contributed by atoms with E-state index in [1.165, 1.54) is 11.8 Å². The van der Waals surface area contributed by atoms with Gasteiger partial charge in [-0.3, -0.25) is 4.90 Å². The van der Waals surface area contributed by atoms with Crippen LogP contribution in [0.4, 0.5) is 5.69 Å². The fourth-order valence-electron chi connectivity index (χ4n) is 3.80. The zero-order valence-corrected chi connectivity index (χ0v) is 18.0. The predicted octanol–water partition coefficient (Wildman–Crippen LogP) is 2.19. The van der Waals surface area contributed by atoms with E-state index in [0.29, 0.717) is 0 Å². The Kier molecular flexibility index (Phi) is 6.15. The molecule has 2 heterocycles. The Morgan fingerprint density at radius 1 is 0.900 bits per heavy atom. The minimum atomic E-state index is -3.03. The zero-order valence-electron chi connectivity index (χ0n) is 17.2. The van der Waals surface area contributed by atoms with E-state index in [1.807, 2.05) is 47.3 Å². The highest BCUT2D eigenvalue weighted by atomic mass is 32.2. The summed E-state index contributed by atoms with van der Waals surface area (Å²) in [5.74, 6) is 0.0828. The van der Waals surface area contributed by atoms with Gasteiger partial charge >= 0.3 is 0 Å². The Morgan fingerprint density at radius 2 is 1.63 bits per heavy atom. The van der Waals surface area contributed by atoms with Crippen LogP contribution in [0.15, 0.2) is 60.8 Å². The van der Waals surface area contributed by atoms with Crippen molar-refractivity contribution < 1.29 is 8.42 Å². The molecule has 0 saturated carbocycles. The minimum Gasteiger partial charge on any atom is -0.369 e. The molecule has 1 aromatic heterocycles. The second-order valence-corrected chi connectivity index (χ2v) is 10.0. The number of nitrogens with zero attached hydrogens (tertiary/aromatic N) is 5. The fraction of sp³-hybridized carbons (Fsp3) is 0.364. The Morgan fingerprint density at radius 3 is 2.37 bits per heavy atom. The molecular formula is C22H27N5O2S. The molecule has 0 spiro atoms. The van der Waals surface area contributed by atoms with Gasteiger partial charge in [-0.2, -0.15) is 0 Å². The van der Waals surface area contributed by atoms with E-state index in [-0.39, 0.29) is 5.75 Å². The summed E-state index contributed by atoms with van der Waals surface area (Å²) in [6.07, 6.45) is 3.29. The van der Waals surface area contributed by atoms with Crippen molar-refractivity contribution in [2.75, 3.05) is 37.3 Å². The number of anilines is 1. The molecule has 1 fully saturated rings. The number of hydrogen-bond donors (Lipinski definition) is 0. The van der Waals surface area contributed by atoms with Crippen molar-refractivity contribution in [3.63, 3.8) is 0 Å². The highest BCUT2D eigenvalue weighted by Crippen LogP contribution is 2.20. The van der Waals surface area contributed by atoms with Crippen LogP contribution in [0.5, 0.6) is 0 Å². The molecule has 0 atom stereocenters. The topological polar surface area (TPSA) is 71.3 Å². The summed E-state index contributed by atoms with van der Waals surface area (Å²) in [5, 5.41) is 8.59. The third-order valence-corrected chi connectivity index (χ3v) is 6.09. The summed E-state index contributed by atoms with van der Waals surface area (Å²) in [6, 6.07) is 18.1. The lowest BCUT2D eigenvalue weighted by Crippen LogP contribution is -2.46. The largest absolute Gasteiger partial charge is 0.369 e. The summed E-state index contributed by atoms with van der Waals surface area (Å²) >= 11 is 0. The highest BCUT2D eigenvalue weighted by molar-refractivity contribution is 7.89. The van der Waals surface area contributed by atoms with Crippen molar-refractivity contribution in [3.05, 3.63) is 77.6 Å². The van der Waals surface area contributed by atoms with Gasteiger partial charge in [0.2, 0.25) is 0 Å². The first kappa shape index (κ1) is 20.6. The molecule has 8 heteroatoms. The van der Waals surface area contributed by atoms with Gasteiger partial charge in [0.15, 0.2) is 9.84 Å². The van der Waals surface area contributed by atoms with Gasteiger partial charge in [0.1, 0.15) is 0 Å². The molecule has 0 aliphatic carbocycles. The Balaban J connectivity index is 1.31. The van der Waals surface area contributed by atoms with Crippen LogP contribution in [0.3, 0.4) is 0 Å². The number of rotatable bonds is 7. The van der Waals surface area contributed by atoms with Gasteiger partial charge in [-0.25, -0.2) is 13.1 Å². The molecule has 3 aromatic rings. The average Bonchev–Trinajstić information content (AvgIpc) is 3.15. The van der Waals surface area contributed by atoms with Crippen LogP contribution in [0.25, 0.3) is 0 Å². The number of piperazine rings is 1. The maximum absolute atomic E-state index is 11.6. The van der Waals surface area contributed by atoms with Gasteiger partial charge in [0.05, 0.1) is 24.2 Å². The molecule has 30 heavy (non-hydrogen) atoms. The van der Waals surface area contributed by atoms with E-state index < -0.39 is 9.84 Å². The monoisotopic (exact) mass is 425 g/mol. The van der Waals surface area contributed by atoms with Gasteiger partial charge in [-0.1, -0.05) is 47.7 Å². The lowest BCUT2D eigenvalue weighted by molar-refractivity contribution is 0.247. The van der Waals surface area contributed by atoms with Crippen LogP contribution >= 0.6 is 0 Å². The molecule has 1 aliphatic heterocycles. The molecular weight excluding hydrogens is 398 g/mol. The third kappa shape index (κ3) is 5.67. The average molecular weight is 426 g/mol. The number of aromatic nitrogens is 3. The van der Waals surface area contributed by atoms with Gasteiger partial charge < -0.3 is 4.90 Å². The van der Waals surface area contributed by atoms with Crippen LogP contribution in [-0.4, -0.2) is 60.7 Å². The SMILES string of the molecule is CS(=O)(=O)Cc1cccc(N2CCN(Cc3cn(Cc4ccccc4)nn3)CC2)c1. The first-order chi connectivity index (χ1) is 14.4. The molecule has 2 aromatic carbocycles. The second-order valence-electron chi connectivity index (χ2n) is 7.90. The van der Waals surface area contributed by atoms with Crippen molar-refractivity contribution >= 4 is 15.5 Å². The summed E-state index contributed by atoms with van der Waals surface area (Å²) in [4.78, 5) is 4.70. The van der Waals surface area contributed by atoms with Gasteiger partial charge in [-0.05, 0) is 23.3 Å². The first-order valence-electron chi connectivity index (χ1n) is 10.1. The molecule has 0 N–H and O–H groups in total. The van der Waals surface area contributed by atoms with Crippen molar-refractivity contribution in [1.82, 2.24) is 19.9 Å². The lowest BCUT2D eigenvalue weighted by Gasteiger charge is -2.35. The summed E-state index contributed by atoms with van der Waals surface area (Å²) in [7, 11) is -3.03. The molecule has 1 aliphatic rings. The Hall–Kier alpha value is -2.71. The van der Waals surface area contributed by atoms with Gasteiger partial charge in [0, 0.05) is 44.7 Å². The van der Waals surface area contributed by atoms with Crippen LogP contribution < -0.4 is 4.90 Å². The summed E-state index contributed by atoms with van der Waals surface area (Å²) < 4.78 is 25.0. The van der Waals surface area contributed by atoms with E-state index >= 15 is 0 Å². The molecule has 0 bridgehead atoms. The van der Waals surface area contributed by atoms with Crippen LogP contribution in [0, 0.1) is 0 Å². The summed E-state index contributed by atoms with van der Waals surface area (Å²) in [6.45, 7) is 5.19. The maximum Gasteiger partial charge on any atom is 0.151 e. The summed E-state index contributed by atoms with van der Waals surface area (Å²) in [5.41, 5.74) is 4.12. The molecule has 158 valence electrons. The number of sulfone groups is 1. The van der Waals surface area contributed by atoms with E-state index in [4.69, 9.17) is 0 Å². The molecule has 7 nitrogen and oxygen atoms in total. The maximum atomic E-state index is 11.6. The van der Waals surface area contributed by atoms with E-state index in [9.17, 15) is 8.42 Å². The van der Waals surface area contributed by atoms with E-state index in [2.05, 4.69) is 38.3 Å². The predicted molar refractivity (Wildman–Crippen MR) is 118 cm³/mol. The van der Waals surface area contributed by atoms with Crippen LogP contribution in [0.1, 0.15) is 16.8 Å². The van der Waals surface area contributed by atoms with Crippen LogP contribution in [-0.2, 0) is 28.7 Å². The van der Waals surface area contributed by atoms with Crippen molar-refractivity contribution in [1.29, 1.82) is 0 Å². The third-order valence-electron chi connectivity index (χ3n) is 5.24. The minimum absolute atomic E-state index is 0.0828. The van der Waals surface area contributed by atoms with Gasteiger partial charge in [0.25, 0.3) is 0 Å². The standard InChI is InChI=1S/C22H27N5O2S/c1-30(28,29)18-20-8-5-9-22(14-20)26-12-10-25(11-13-26)16-21-17-27(24-23-21)15-19-6-3-2-4-7-19/h2-9,14,17H,10-13,15-16,18H2,1H3. The number of hydrogen-bond acceptors (Lipinski definition) is 6. The quantitative estimate of drug-likeness (QED) is 0.578. The second kappa shape index (κ2) is 8.97. The molecule has 0 unspecified atom stereocenters. The van der Waals surface area contributed by atoms with Crippen molar-refractivity contribution in [2.45, 2.75) is 18.8 Å². The molecule has 0 radical (unpaired) electrons. The van der Waals surface area contributed by atoms with E-state index in [1.54, 1.807) is 0 Å². The zero-order chi connectivity index (χ0) is 21.0. The normalized spacial score (nSPS) is 15.4. The fourth-order valence-corrected chi connectivity index (χ4v) is 4.58. The number of benzene rings is 2. The molecule has 4 rings (SSSR count). The van der Waals surface area contributed by atoms with Crippen molar-refractivity contribution in [3.8, 4) is 0 Å². The Bertz CT molecular complexity index is 1070. The highest BCUT2D eigenvalue weighted by Gasteiger charge is 2.19. The van der Waals surface area contributed by atoms with E-state index in [0.717, 1.165) is 56.2 Å². The lowest BCUT2D eigenvalue weighted by atomic mass is 10.2. The molecule has 0 amide bonds. The van der Waals surface area contributed by atoms with Crippen molar-refractivity contribution in [2.24, 2.45) is 0 Å². The van der Waals surface area contributed by atoms with Crippen LogP contribution in [0.2, 0.25) is 0 Å². The van der Waals surface area contributed by atoms with Gasteiger partial charge in [-0.15, -0.1) is 5.10 Å². The molecule has 1 saturated heterocycles. The Labute approximate surface area is 177 Å². The first-order valence-corrected chi connectivity index (χ1v) is 12.2. The smallest absolute Gasteiger partial charge is 0.151 e.